The molecule has 0 saturated carbocycles. The van der Waals surface area contributed by atoms with Gasteiger partial charge in [-0.3, -0.25) is 0 Å². The Balaban J connectivity index is 4.03. The van der Waals surface area contributed by atoms with Crippen LogP contribution in [0.4, 0.5) is 4.48 Å². The Morgan fingerprint density at radius 3 is 2.40 bits per heavy atom. The van der Waals surface area contributed by atoms with Crippen molar-refractivity contribution in [2.24, 2.45) is 4.99 Å². The van der Waals surface area contributed by atoms with Crippen molar-refractivity contribution >= 4 is 5.84 Å². The number of nitrogens with one attached hydrogen (secondary N) is 1. The highest BCUT2D eigenvalue weighted by atomic mass is 19.2. The lowest BCUT2D eigenvalue weighted by Crippen LogP contribution is -2.19. The third-order valence-electron chi connectivity index (χ3n) is 1.05. The van der Waals surface area contributed by atoms with Crippen LogP contribution in [0.2, 0.25) is 0 Å². The van der Waals surface area contributed by atoms with Gasteiger partial charge in [-0.2, -0.15) is 0 Å². The van der Waals surface area contributed by atoms with Crippen LogP contribution in [0.3, 0.4) is 0 Å². The summed E-state index contributed by atoms with van der Waals surface area (Å²) in [5.74, 6) is 0.723. The summed E-state index contributed by atoms with van der Waals surface area (Å²) < 4.78 is 11.5. The molecule has 4 heteroatoms. The van der Waals surface area contributed by atoms with E-state index < -0.39 is 0 Å². The molecule has 0 atom stereocenters. The van der Waals surface area contributed by atoms with E-state index in [-0.39, 0.29) is 5.82 Å². The molecule has 0 aromatic rings. The Bertz CT molecular complexity index is 151. The van der Waals surface area contributed by atoms with Gasteiger partial charge in [0.2, 0.25) is 0 Å². The first-order valence-electron chi connectivity index (χ1n) is 2.86. The van der Waals surface area contributed by atoms with Crippen molar-refractivity contribution in [3.05, 3.63) is 12.4 Å². The maximum Gasteiger partial charge on any atom is 0.149 e. The molecule has 0 aliphatic rings. The lowest BCUT2D eigenvalue weighted by Gasteiger charge is -2.10. The zero-order valence-electron chi connectivity index (χ0n) is 6.48. The van der Waals surface area contributed by atoms with Crippen molar-refractivity contribution in [3.8, 4) is 0 Å². The summed E-state index contributed by atoms with van der Waals surface area (Å²) in [6, 6.07) is 0. The number of amidine groups is 1. The summed E-state index contributed by atoms with van der Waals surface area (Å²) in [5.41, 5.74) is 1.34. The van der Waals surface area contributed by atoms with Gasteiger partial charge in [-0.05, 0) is 6.92 Å². The zero-order chi connectivity index (χ0) is 8.15. The molecule has 58 valence electrons. The molecule has 0 aliphatic heterocycles. The number of hydrogen-bond acceptors (Lipinski definition) is 2. The van der Waals surface area contributed by atoms with Gasteiger partial charge < -0.3 is 4.90 Å². The predicted molar refractivity (Wildman–Crippen MR) is 40.2 cm³/mol. The molecule has 0 unspecified atom stereocenters. The van der Waals surface area contributed by atoms with Crippen LogP contribution in [-0.2, 0) is 0 Å². The SMILES string of the molecule is C=C(N=C(C)N(C)C)NF. The Labute approximate surface area is 60.2 Å². The fraction of sp³-hybridized carbons (Fsp3) is 0.500. The minimum atomic E-state index is 0.0196. The summed E-state index contributed by atoms with van der Waals surface area (Å²) >= 11 is 0. The van der Waals surface area contributed by atoms with E-state index in [2.05, 4.69) is 11.6 Å². The summed E-state index contributed by atoms with van der Waals surface area (Å²) in [5, 5.41) is 0. The van der Waals surface area contributed by atoms with Gasteiger partial charge in [-0.25, -0.2) is 10.5 Å². The average molecular weight is 145 g/mol. The highest BCUT2D eigenvalue weighted by molar-refractivity contribution is 5.79. The van der Waals surface area contributed by atoms with Gasteiger partial charge in [-0.1, -0.05) is 6.58 Å². The molecular weight excluding hydrogens is 133 g/mol. The van der Waals surface area contributed by atoms with Gasteiger partial charge in [0.1, 0.15) is 11.7 Å². The van der Waals surface area contributed by atoms with E-state index in [4.69, 9.17) is 0 Å². The second kappa shape index (κ2) is 3.87. The molecule has 0 amide bonds. The van der Waals surface area contributed by atoms with Gasteiger partial charge in [0.15, 0.2) is 0 Å². The topological polar surface area (TPSA) is 27.6 Å². The fourth-order valence-electron chi connectivity index (χ4n) is 0.316. The number of rotatable bonds is 2. The molecular formula is C6H12FN3. The standard InChI is InChI=1S/C6H12FN3/c1-5(9-7)8-6(2)10(3)4/h9H,1H2,2-4H3. The summed E-state index contributed by atoms with van der Waals surface area (Å²) in [6.07, 6.45) is 0. The first kappa shape index (κ1) is 8.94. The second-order valence-electron chi connectivity index (χ2n) is 2.09. The first-order chi connectivity index (χ1) is 4.57. The van der Waals surface area contributed by atoms with Gasteiger partial charge >= 0.3 is 0 Å². The quantitative estimate of drug-likeness (QED) is 0.355. The Morgan fingerprint density at radius 1 is 1.60 bits per heavy atom. The highest BCUT2D eigenvalue weighted by Gasteiger charge is 1.92. The summed E-state index contributed by atoms with van der Waals surface area (Å²) in [4.78, 5) is 5.52. The van der Waals surface area contributed by atoms with E-state index in [0.29, 0.717) is 5.84 Å². The molecule has 3 nitrogen and oxygen atoms in total. The van der Waals surface area contributed by atoms with Crippen LogP contribution in [-0.4, -0.2) is 24.8 Å². The van der Waals surface area contributed by atoms with Crippen LogP contribution < -0.4 is 5.54 Å². The smallest absolute Gasteiger partial charge is 0.149 e. The second-order valence-corrected chi connectivity index (χ2v) is 2.09. The van der Waals surface area contributed by atoms with Crippen LogP contribution in [0.25, 0.3) is 0 Å². The van der Waals surface area contributed by atoms with E-state index in [9.17, 15) is 4.48 Å². The highest BCUT2D eigenvalue weighted by Crippen LogP contribution is 1.90. The number of nitrogens with zero attached hydrogens (tertiary/aromatic N) is 2. The Kier molecular flexibility index (Phi) is 3.46. The lowest BCUT2D eigenvalue weighted by molar-refractivity contribution is 0.383. The molecule has 0 spiro atoms. The van der Waals surface area contributed by atoms with Crippen molar-refractivity contribution in [2.45, 2.75) is 6.92 Å². The molecule has 0 rings (SSSR count). The van der Waals surface area contributed by atoms with E-state index in [1.165, 1.54) is 5.54 Å². The van der Waals surface area contributed by atoms with Gasteiger partial charge in [0.05, 0.1) is 0 Å². The van der Waals surface area contributed by atoms with Crippen molar-refractivity contribution in [1.29, 1.82) is 0 Å². The van der Waals surface area contributed by atoms with E-state index in [1.54, 1.807) is 11.8 Å². The average Bonchev–Trinajstić information content (AvgIpc) is 1.87. The monoisotopic (exact) mass is 145 g/mol. The first-order valence-corrected chi connectivity index (χ1v) is 2.86. The predicted octanol–water partition coefficient (Wildman–Crippen LogP) is 0.912. The Hall–Kier alpha value is -1.06. The number of aliphatic imine (C=N–C) groups is 1. The molecule has 10 heavy (non-hydrogen) atoms. The van der Waals surface area contributed by atoms with Crippen LogP contribution in [0.15, 0.2) is 17.4 Å². The summed E-state index contributed by atoms with van der Waals surface area (Å²) in [6.45, 7) is 5.06. The molecule has 0 aromatic carbocycles. The van der Waals surface area contributed by atoms with Gasteiger partial charge in [0, 0.05) is 14.1 Å². The normalized spacial score (nSPS) is 11.0. The molecule has 0 radical (unpaired) electrons. The minimum absolute atomic E-state index is 0.0196. The number of hydrogen-bond donors (Lipinski definition) is 1. The third-order valence-corrected chi connectivity index (χ3v) is 1.05. The number of halogens is 1. The Morgan fingerprint density at radius 2 is 2.10 bits per heavy atom. The zero-order valence-corrected chi connectivity index (χ0v) is 6.48. The van der Waals surface area contributed by atoms with Crippen LogP contribution in [0.1, 0.15) is 6.92 Å². The lowest BCUT2D eigenvalue weighted by atomic mass is 10.6. The molecule has 0 fully saturated rings. The molecule has 0 aliphatic carbocycles. The summed E-state index contributed by atoms with van der Waals surface area (Å²) in [7, 11) is 3.65. The van der Waals surface area contributed by atoms with Gasteiger partial charge in [0.25, 0.3) is 0 Å². The van der Waals surface area contributed by atoms with Crippen molar-refractivity contribution < 1.29 is 4.48 Å². The molecule has 0 bridgehead atoms. The fourth-order valence-corrected chi connectivity index (χ4v) is 0.316. The molecule has 0 heterocycles. The van der Waals surface area contributed by atoms with Crippen LogP contribution in [0.5, 0.6) is 0 Å². The molecule has 1 N–H and O–H groups in total. The molecule has 0 saturated heterocycles. The minimum Gasteiger partial charge on any atom is -0.366 e. The van der Waals surface area contributed by atoms with Crippen molar-refractivity contribution in [2.75, 3.05) is 14.1 Å². The largest absolute Gasteiger partial charge is 0.366 e. The molecule has 0 aromatic heterocycles. The van der Waals surface area contributed by atoms with Crippen molar-refractivity contribution in [1.82, 2.24) is 10.4 Å². The van der Waals surface area contributed by atoms with E-state index >= 15 is 0 Å². The maximum atomic E-state index is 11.5. The van der Waals surface area contributed by atoms with Crippen LogP contribution >= 0.6 is 0 Å². The van der Waals surface area contributed by atoms with Gasteiger partial charge in [-0.15, -0.1) is 4.48 Å². The van der Waals surface area contributed by atoms with Crippen molar-refractivity contribution in [3.63, 3.8) is 0 Å². The third kappa shape index (κ3) is 3.06. The maximum absolute atomic E-state index is 11.5. The van der Waals surface area contributed by atoms with E-state index in [1.807, 2.05) is 14.1 Å². The van der Waals surface area contributed by atoms with Crippen LogP contribution in [0, 0.1) is 0 Å². The van der Waals surface area contributed by atoms with E-state index in [0.717, 1.165) is 0 Å².